The van der Waals surface area contributed by atoms with E-state index in [-0.39, 0.29) is 11.9 Å². The number of amides is 1. The summed E-state index contributed by atoms with van der Waals surface area (Å²) in [4.78, 5) is 18.6. The highest BCUT2D eigenvalue weighted by molar-refractivity contribution is 5.81. The van der Waals surface area contributed by atoms with E-state index in [1.165, 1.54) is 5.56 Å². The van der Waals surface area contributed by atoms with E-state index in [4.69, 9.17) is 0 Å². The van der Waals surface area contributed by atoms with Crippen LogP contribution in [0.15, 0.2) is 12.3 Å². The maximum Gasteiger partial charge on any atom is 0.227 e. The zero-order valence-electron chi connectivity index (χ0n) is 10.4. The molecule has 0 saturated carbocycles. The van der Waals surface area contributed by atoms with Crippen LogP contribution in [-0.2, 0) is 11.2 Å². The van der Waals surface area contributed by atoms with Gasteiger partial charge in [-0.1, -0.05) is 19.9 Å². The number of pyridine rings is 1. The predicted octanol–water partition coefficient (Wildman–Crippen LogP) is 2.42. The molecule has 0 aliphatic carbocycles. The lowest BCUT2D eigenvalue weighted by atomic mass is 9.94. The van der Waals surface area contributed by atoms with Gasteiger partial charge in [-0.15, -0.1) is 0 Å². The largest absolute Gasteiger partial charge is 0.334 e. The standard InChI is InChI=1S/C14H18N2O/c1-9(2)11-6-10-7-13(17)16-5-3-4-12(16)14(10)15-8-11/h6,8-9,12H,3-5,7H2,1-2H3. The molecule has 1 saturated heterocycles. The van der Waals surface area contributed by atoms with Crippen LogP contribution in [0.5, 0.6) is 0 Å². The maximum atomic E-state index is 12.0. The topological polar surface area (TPSA) is 33.2 Å². The number of aromatic nitrogens is 1. The van der Waals surface area contributed by atoms with Crippen molar-refractivity contribution in [3.63, 3.8) is 0 Å². The molecule has 90 valence electrons. The first-order valence-corrected chi connectivity index (χ1v) is 6.45. The van der Waals surface area contributed by atoms with Crippen molar-refractivity contribution in [1.29, 1.82) is 0 Å². The van der Waals surface area contributed by atoms with Gasteiger partial charge in [-0.05, 0) is 29.9 Å². The van der Waals surface area contributed by atoms with Gasteiger partial charge in [-0.3, -0.25) is 9.78 Å². The van der Waals surface area contributed by atoms with Crippen LogP contribution in [0.1, 0.15) is 55.5 Å². The third-order valence-corrected chi connectivity index (χ3v) is 3.92. The summed E-state index contributed by atoms with van der Waals surface area (Å²) >= 11 is 0. The number of hydrogen-bond donors (Lipinski definition) is 0. The number of carbonyl (C=O) groups excluding carboxylic acids is 1. The van der Waals surface area contributed by atoms with E-state index in [2.05, 4.69) is 24.9 Å². The minimum absolute atomic E-state index is 0.257. The molecular weight excluding hydrogens is 212 g/mol. The molecule has 0 radical (unpaired) electrons. The third-order valence-electron chi connectivity index (χ3n) is 3.92. The fourth-order valence-electron chi connectivity index (χ4n) is 2.91. The van der Waals surface area contributed by atoms with Crippen molar-refractivity contribution in [3.05, 3.63) is 29.1 Å². The van der Waals surface area contributed by atoms with Crippen molar-refractivity contribution in [2.45, 2.75) is 45.1 Å². The van der Waals surface area contributed by atoms with E-state index in [9.17, 15) is 4.79 Å². The average Bonchev–Trinajstić information content (AvgIpc) is 2.78. The molecule has 1 aromatic heterocycles. The third kappa shape index (κ3) is 1.65. The summed E-state index contributed by atoms with van der Waals surface area (Å²) in [6.45, 7) is 5.24. The van der Waals surface area contributed by atoms with Gasteiger partial charge in [0.25, 0.3) is 0 Å². The van der Waals surface area contributed by atoms with Crippen LogP contribution in [-0.4, -0.2) is 22.3 Å². The number of carbonyl (C=O) groups is 1. The average molecular weight is 230 g/mol. The van der Waals surface area contributed by atoms with Crippen molar-refractivity contribution in [3.8, 4) is 0 Å². The fourth-order valence-corrected chi connectivity index (χ4v) is 2.91. The Kier molecular flexibility index (Phi) is 2.42. The van der Waals surface area contributed by atoms with Gasteiger partial charge < -0.3 is 4.90 Å². The summed E-state index contributed by atoms with van der Waals surface area (Å²) in [7, 11) is 0. The van der Waals surface area contributed by atoms with Crippen LogP contribution in [0.2, 0.25) is 0 Å². The van der Waals surface area contributed by atoms with Crippen LogP contribution < -0.4 is 0 Å². The maximum absolute atomic E-state index is 12.0. The summed E-state index contributed by atoms with van der Waals surface area (Å²) in [5, 5.41) is 0. The molecule has 17 heavy (non-hydrogen) atoms. The van der Waals surface area contributed by atoms with Crippen LogP contribution >= 0.6 is 0 Å². The van der Waals surface area contributed by atoms with Gasteiger partial charge in [0.1, 0.15) is 0 Å². The quantitative estimate of drug-likeness (QED) is 0.742. The highest BCUT2D eigenvalue weighted by Gasteiger charge is 2.36. The lowest BCUT2D eigenvalue weighted by Gasteiger charge is -2.31. The van der Waals surface area contributed by atoms with Crippen molar-refractivity contribution < 1.29 is 4.79 Å². The molecule has 0 aromatic carbocycles. The Morgan fingerprint density at radius 3 is 3.06 bits per heavy atom. The molecule has 0 bridgehead atoms. The van der Waals surface area contributed by atoms with Gasteiger partial charge in [-0.25, -0.2) is 0 Å². The van der Waals surface area contributed by atoms with Crippen LogP contribution in [0.25, 0.3) is 0 Å². The van der Waals surface area contributed by atoms with Crippen molar-refractivity contribution in [2.24, 2.45) is 0 Å². The molecule has 1 amide bonds. The van der Waals surface area contributed by atoms with Gasteiger partial charge in [-0.2, -0.15) is 0 Å². The minimum Gasteiger partial charge on any atom is -0.334 e. The summed E-state index contributed by atoms with van der Waals surface area (Å²) in [5.74, 6) is 0.757. The van der Waals surface area contributed by atoms with Crippen LogP contribution in [0, 0.1) is 0 Å². The summed E-state index contributed by atoms with van der Waals surface area (Å²) < 4.78 is 0. The molecule has 0 N–H and O–H groups in total. The summed E-state index contributed by atoms with van der Waals surface area (Å²) in [6.07, 6.45) is 4.71. The van der Waals surface area contributed by atoms with E-state index in [0.717, 1.165) is 30.6 Å². The first-order valence-electron chi connectivity index (χ1n) is 6.45. The zero-order valence-corrected chi connectivity index (χ0v) is 10.4. The molecule has 2 aliphatic heterocycles. The molecule has 2 aliphatic rings. The number of fused-ring (bicyclic) bond motifs is 3. The van der Waals surface area contributed by atoms with E-state index in [1.54, 1.807) is 0 Å². The molecule has 1 atom stereocenters. The molecule has 3 heteroatoms. The molecular formula is C14H18N2O. The normalized spacial score (nSPS) is 22.9. The molecule has 0 spiro atoms. The molecule has 3 heterocycles. The van der Waals surface area contributed by atoms with E-state index in [0.29, 0.717) is 12.3 Å². The monoisotopic (exact) mass is 230 g/mol. The van der Waals surface area contributed by atoms with Crippen molar-refractivity contribution in [2.75, 3.05) is 6.54 Å². The lowest BCUT2D eigenvalue weighted by molar-refractivity contribution is -0.132. The first kappa shape index (κ1) is 10.8. The molecule has 3 nitrogen and oxygen atoms in total. The smallest absolute Gasteiger partial charge is 0.227 e. The van der Waals surface area contributed by atoms with E-state index < -0.39 is 0 Å². The van der Waals surface area contributed by atoms with Gasteiger partial charge in [0.15, 0.2) is 0 Å². The Bertz CT molecular complexity index is 467. The molecule has 1 fully saturated rings. The van der Waals surface area contributed by atoms with Gasteiger partial charge in [0.2, 0.25) is 5.91 Å². The highest BCUT2D eigenvalue weighted by Crippen LogP contribution is 2.37. The second-order valence-corrected chi connectivity index (χ2v) is 5.39. The fraction of sp³-hybridized carbons (Fsp3) is 0.571. The zero-order chi connectivity index (χ0) is 12.0. The second-order valence-electron chi connectivity index (χ2n) is 5.39. The van der Waals surface area contributed by atoms with Gasteiger partial charge in [0, 0.05) is 12.7 Å². The molecule has 1 aromatic rings. The highest BCUT2D eigenvalue weighted by atomic mass is 16.2. The molecule has 3 rings (SSSR count). The van der Waals surface area contributed by atoms with Crippen molar-refractivity contribution in [1.82, 2.24) is 9.88 Å². The minimum atomic E-state index is 0.257. The predicted molar refractivity (Wildman–Crippen MR) is 65.7 cm³/mol. The second kappa shape index (κ2) is 3.83. The van der Waals surface area contributed by atoms with Crippen molar-refractivity contribution >= 4 is 5.91 Å². The van der Waals surface area contributed by atoms with E-state index >= 15 is 0 Å². The van der Waals surface area contributed by atoms with Gasteiger partial charge in [0.05, 0.1) is 18.2 Å². The Morgan fingerprint density at radius 1 is 1.47 bits per heavy atom. The number of nitrogens with zero attached hydrogens (tertiary/aromatic N) is 2. The summed E-state index contributed by atoms with van der Waals surface area (Å²) in [5.41, 5.74) is 3.54. The SMILES string of the molecule is CC(C)c1cnc2c(c1)CC(=O)N1CCCC21. The van der Waals surface area contributed by atoms with Crippen LogP contribution in [0.4, 0.5) is 0 Å². The number of hydrogen-bond acceptors (Lipinski definition) is 2. The Morgan fingerprint density at radius 2 is 2.29 bits per heavy atom. The van der Waals surface area contributed by atoms with Crippen LogP contribution in [0.3, 0.4) is 0 Å². The lowest BCUT2D eigenvalue weighted by Crippen LogP contribution is -2.37. The Hall–Kier alpha value is -1.38. The number of rotatable bonds is 1. The Balaban J connectivity index is 2.04. The van der Waals surface area contributed by atoms with Gasteiger partial charge >= 0.3 is 0 Å². The first-order chi connectivity index (χ1) is 8.16. The van der Waals surface area contributed by atoms with E-state index in [1.807, 2.05) is 11.1 Å². The summed E-state index contributed by atoms with van der Waals surface area (Å²) in [6, 6.07) is 2.44. The Labute approximate surface area is 102 Å². The molecule has 1 unspecified atom stereocenters.